The van der Waals surface area contributed by atoms with Crippen LogP contribution in [0.4, 0.5) is 4.39 Å². The topological polar surface area (TPSA) is 79.5 Å². The molecule has 0 aliphatic carbocycles. The number of halogens is 1. The van der Waals surface area contributed by atoms with Crippen molar-refractivity contribution in [3.63, 3.8) is 0 Å². The summed E-state index contributed by atoms with van der Waals surface area (Å²) in [5.74, 6) is 1.53. The molecule has 2 aromatic rings. The molecule has 2 saturated heterocycles. The van der Waals surface area contributed by atoms with Gasteiger partial charge in [0.25, 0.3) is 0 Å². The van der Waals surface area contributed by atoms with Gasteiger partial charge in [-0.3, -0.25) is 9.59 Å². The van der Waals surface area contributed by atoms with E-state index in [-0.39, 0.29) is 35.9 Å². The third-order valence-electron chi connectivity index (χ3n) is 5.86. The second-order valence-electron chi connectivity index (χ2n) is 7.96. The smallest absolute Gasteiger partial charge is 0.227 e. The van der Waals surface area contributed by atoms with Crippen LogP contribution < -0.4 is 0 Å². The molecule has 2 amide bonds. The first kappa shape index (κ1) is 19.5. The Morgan fingerprint density at radius 3 is 2.59 bits per heavy atom. The van der Waals surface area contributed by atoms with Crippen molar-refractivity contribution in [2.75, 3.05) is 26.2 Å². The summed E-state index contributed by atoms with van der Waals surface area (Å²) in [4.78, 5) is 31.9. The van der Waals surface area contributed by atoms with E-state index >= 15 is 0 Å². The van der Waals surface area contributed by atoms with Gasteiger partial charge in [0, 0.05) is 51.4 Å². The molecule has 1 aromatic heterocycles. The minimum absolute atomic E-state index is 0.0604. The highest BCUT2D eigenvalue weighted by molar-refractivity contribution is 5.79. The van der Waals surface area contributed by atoms with Crippen LogP contribution in [0.1, 0.15) is 43.0 Å². The lowest BCUT2D eigenvalue weighted by atomic mass is 9.94. The average Bonchev–Trinajstić information content (AvgIpc) is 3.15. The molecule has 0 unspecified atom stereocenters. The second kappa shape index (κ2) is 8.31. The molecule has 8 heteroatoms. The van der Waals surface area contributed by atoms with E-state index in [1.165, 1.54) is 6.07 Å². The Hall–Kier alpha value is -2.77. The van der Waals surface area contributed by atoms with Crippen molar-refractivity contribution in [2.45, 2.75) is 38.5 Å². The molecular weight excluding hydrogens is 375 g/mol. The summed E-state index contributed by atoms with van der Waals surface area (Å²) in [7, 11) is 0. The lowest BCUT2D eigenvalue weighted by Gasteiger charge is -2.38. The number of benzene rings is 1. The molecule has 2 fully saturated rings. The zero-order valence-electron chi connectivity index (χ0n) is 16.5. The molecule has 0 spiro atoms. The predicted octanol–water partition coefficient (Wildman–Crippen LogP) is 2.18. The van der Waals surface area contributed by atoms with Crippen LogP contribution in [0.5, 0.6) is 0 Å². The molecule has 0 atom stereocenters. The predicted molar refractivity (Wildman–Crippen MR) is 102 cm³/mol. The largest absolute Gasteiger partial charge is 0.343 e. The van der Waals surface area contributed by atoms with E-state index in [0.717, 1.165) is 31.8 Å². The van der Waals surface area contributed by atoms with Gasteiger partial charge in [0.1, 0.15) is 5.82 Å². The number of likely N-dealkylation sites (tertiary alicyclic amines) is 2. The van der Waals surface area contributed by atoms with Crippen LogP contribution in [0.25, 0.3) is 0 Å². The standard InChI is InChI=1S/C21H25FN4O3/c1-14(27)25-8-6-16(7-9-25)21-23-19(29-24-21)10-15-12-26(13-15)20(28)11-17-4-2-3-5-18(17)22/h2-5,15-16H,6-13H2,1H3. The van der Waals surface area contributed by atoms with Crippen LogP contribution in [-0.4, -0.2) is 57.9 Å². The van der Waals surface area contributed by atoms with Gasteiger partial charge < -0.3 is 14.3 Å². The van der Waals surface area contributed by atoms with Crippen molar-refractivity contribution in [3.05, 3.63) is 47.4 Å². The van der Waals surface area contributed by atoms with E-state index in [2.05, 4.69) is 10.1 Å². The third kappa shape index (κ3) is 4.46. The second-order valence-corrected chi connectivity index (χ2v) is 7.96. The van der Waals surface area contributed by atoms with Crippen LogP contribution in [-0.2, 0) is 22.4 Å². The Labute approximate surface area is 168 Å². The Kier molecular flexibility index (Phi) is 5.60. The number of hydrogen-bond acceptors (Lipinski definition) is 5. The highest BCUT2D eigenvalue weighted by Crippen LogP contribution is 2.27. The molecule has 0 radical (unpaired) electrons. The van der Waals surface area contributed by atoms with Crippen LogP contribution in [0, 0.1) is 11.7 Å². The van der Waals surface area contributed by atoms with E-state index in [4.69, 9.17) is 4.52 Å². The number of rotatable bonds is 5. The molecule has 154 valence electrons. The maximum absolute atomic E-state index is 13.7. The van der Waals surface area contributed by atoms with Gasteiger partial charge in [0.15, 0.2) is 5.82 Å². The molecule has 4 rings (SSSR count). The normalized spacial score (nSPS) is 18.0. The van der Waals surface area contributed by atoms with Crippen molar-refractivity contribution in [1.82, 2.24) is 19.9 Å². The van der Waals surface area contributed by atoms with E-state index in [1.807, 2.05) is 4.90 Å². The van der Waals surface area contributed by atoms with Crippen molar-refractivity contribution >= 4 is 11.8 Å². The highest BCUT2D eigenvalue weighted by Gasteiger charge is 2.33. The summed E-state index contributed by atoms with van der Waals surface area (Å²) in [6.45, 7) is 4.30. The third-order valence-corrected chi connectivity index (χ3v) is 5.86. The van der Waals surface area contributed by atoms with Gasteiger partial charge in [0.05, 0.1) is 6.42 Å². The first-order chi connectivity index (χ1) is 14.0. The van der Waals surface area contributed by atoms with Gasteiger partial charge in [0.2, 0.25) is 17.7 Å². The van der Waals surface area contributed by atoms with E-state index in [9.17, 15) is 14.0 Å². The van der Waals surface area contributed by atoms with Crippen molar-refractivity contribution in [3.8, 4) is 0 Å². The first-order valence-electron chi connectivity index (χ1n) is 10.1. The summed E-state index contributed by atoms with van der Waals surface area (Å²) in [5.41, 5.74) is 0.429. The number of hydrogen-bond donors (Lipinski definition) is 0. The number of piperidine rings is 1. The van der Waals surface area contributed by atoms with Crippen molar-refractivity contribution < 1.29 is 18.5 Å². The zero-order valence-corrected chi connectivity index (χ0v) is 16.5. The van der Waals surface area contributed by atoms with Gasteiger partial charge in [-0.2, -0.15) is 4.98 Å². The monoisotopic (exact) mass is 400 g/mol. The van der Waals surface area contributed by atoms with E-state index in [0.29, 0.717) is 31.0 Å². The minimum atomic E-state index is -0.342. The van der Waals surface area contributed by atoms with Gasteiger partial charge in [-0.15, -0.1) is 0 Å². The maximum atomic E-state index is 13.7. The lowest BCUT2D eigenvalue weighted by molar-refractivity contribution is -0.136. The van der Waals surface area contributed by atoms with Gasteiger partial charge >= 0.3 is 0 Å². The van der Waals surface area contributed by atoms with Crippen LogP contribution >= 0.6 is 0 Å². The van der Waals surface area contributed by atoms with E-state index < -0.39 is 0 Å². The number of carbonyl (C=O) groups excluding carboxylic acids is 2. The van der Waals surface area contributed by atoms with Crippen LogP contribution in [0.15, 0.2) is 28.8 Å². The molecule has 0 saturated carbocycles. The van der Waals surface area contributed by atoms with Crippen molar-refractivity contribution in [1.29, 1.82) is 0 Å². The maximum Gasteiger partial charge on any atom is 0.227 e. The molecule has 7 nitrogen and oxygen atoms in total. The lowest BCUT2D eigenvalue weighted by Crippen LogP contribution is -2.51. The molecule has 2 aliphatic rings. The van der Waals surface area contributed by atoms with Gasteiger partial charge in [-0.1, -0.05) is 23.4 Å². The average molecular weight is 400 g/mol. The molecule has 29 heavy (non-hydrogen) atoms. The Morgan fingerprint density at radius 1 is 1.17 bits per heavy atom. The Balaban J connectivity index is 1.23. The number of carbonyl (C=O) groups is 2. The summed E-state index contributed by atoms with van der Waals surface area (Å²) in [6.07, 6.45) is 2.42. The SMILES string of the molecule is CC(=O)N1CCC(c2noc(CC3CN(C(=O)Cc4ccccc4F)C3)n2)CC1. The summed E-state index contributed by atoms with van der Waals surface area (Å²) in [6, 6.07) is 6.38. The van der Waals surface area contributed by atoms with Gasteiger partial charge in [-0.05, 0) is 24.5 Å². The number of amides is 2. The molecule has 3 heterocycles. The summed E-state index contributed by atoms with van der Waals surface area (Å²) >= 11 is 0. The summed E-state index contributed by atoms with van der Waals surface area (Å²) in [5, 5.41) is 4.13. The van der Waals surface area contributed by atoms with Crippen LogP contribution in [0.2, 0.25) is 0 Å². The van der Waals surface area contributed by atoms with Gasteiger partial charge in [-0.25, -0.2) is 4.39 Å². The fraction of sp³-hybridized carbons (Fsp3) is 0.524. The van der Waals surface area contributed by atoms with Crippen molar-refractivity contribution in [2.24, 2.45) is 5.92 Å². The minimum Gasteiger partial charge on any atom is -0.343 e. The fourth-order valence-corrected chi connectivity index (χ4v) is 4.04. The molecule has 0 bridgehead atoms. The fourth-order valence-electron chi connectivity index (χ4n) is 4.04. The Morgan fingerprint density at radius 2 is 1.90 bits per heavy atom. The number of aromatic nitrogens is 2. The number of nitrogens with zero attached hydrogens (tertiary/aromatic N) is 4. The Bertz CT molecular complexity index is 886. The molecule has 2 aliphatic heterocycles. The van der Waals surface area contributed by atoms with E-state index in [1.54, 1.807) is 30.0 Å². The zero-order chi connectivity index (χ0) is 20.4. The molecule has 1 aromatic carbocycles. The quantitative estimate of drug-likeness (QED) is 0.769. The summed E-state index contributed by atoms with van der Waals surface area (Å²) < 4.78 is 19.1. The van der Waals surface area contributed by atoms with Crippen LogP contribution in [0.3, 0.4) is 0 Å². The first-order valence-corrected chi connectivity index (χ1v) is 10.1. The molecule has 0 N–H and O–H groups in total. The highest BCUT2D eigenvalue weighted by atomic mass is 19.1. The molecular formula is C21H25FN4O3.